The van der Waals surface area contributed by atoms with Gasteiger partial charge in [-0.1, -0.05) is 6.58 Å². The second kappa shape index (κ2) is 5.11. The fourth-order valence-electron chi connectivity index (χ4n) is 2.48. The number of carbonyl (C=O) groups excluding carboxylic acids is 1. The number of hydrogen-bond donors (Lipinski definition) is 5. The van der Waals surface area contributed by atoms with E-state index in [1.807, 2.05) is 0 Å². The number of aliphatic hydroxyl groups is 3. The number of hydrogen-bond acceptors (Lipinski definition) is 7. The van der Waals surface area contributed by atoms with Gasteiger partial charge in [-0.3, -0.25) is 9.36 Å². The van der Waals surface area contributed by atoms with E-state index in [1.165, 1.54) is 17.0 Å². The summed E-state index contributed by atoms with van der Waals surface area (Å²) in [7, 11) is 0. The molecule has 9 heteroatoms. The molecule has 1 aromatic rings. The number of rotatable bonds is 3. The van der Waals surface area contributed by atoms with E-state index >= 15 is 0 Å². The van der Waals surface area contributed by atoms with Crippen molar-refractivity contribution in [2.45, 2.75) is 30.7 Å². The smallest absolute Gasteiger partial charge is 0.275 e. The maximum atomic E-state index is 11.9. The molecule has 3 rings (SSSR count). The third-order valence-corrected chi connectivity index (χ3v) is 3.61. The zero-order valence-electron chi connectivity index (χ0n) is 11.0. The highest BCUT2D eigenvalue weighted by Crippen LogP contribution is 2.33. The molecule has 0 aliphatic carbocycles. The molecule has 1 aromatic heterocycles. The average Bonchev–Trinajstić information content (AvgIpc) is 3.02. The molecule has 3 heterocycles. The standard InChI is InChI=1S/C12H16N4O5/c1-2-6-14-10-7(11(20)15-6)13-4-16(10)12-9(19)8(18)5(3-17)21-12/h2,4-6,8-9,12,14,17-19H,1,3H2,(H,15,20). The maximum absolute atomic E-state index is 11.9. The summed E-state index contributed by atoms with van der Waals surface area (Å²) in [5.41, 5.74) is 0.158. The molecule has 0 saturated carbocycles. The molecule has 1 fully saturated rings. The largest absolute Gasteiger partial charge is 0.394 e. The number of aliphatic hydroxyl groups excluding tert-OH is 3. The monoisotopic (exact) mass is 296 g/mol. The first-order valence-corrected chi connectivity index (χ1v) is 6.46. The molecular weight excluding hydrogens is 280 g/mol. The van der Waals surface area contributed by atoms with Crippen LogP contribution in [0.15, 0.2) is 19.0 Å². The van der Waals surface area contributed by atoms with E-state index in [0.29, 0.717) is 5.82 Å². The van der Waals surface area contributed by atoms with Gasteiger partial charge in [0.05, 0.1) is 12.9 Å². The molecule has 0 bridgehead atoms. The number of anilines is 1. The van der Waals surface area contributed by atoms with E-state index in [4.69, 9.17) is 9.84 Å². The van der Waals surface area contributed by atoms with Crippen LogP contribution >= 0.6 is 0 Å². The van der Waals surface area contributed by atoms with Gasteiger partial charge in [0.25, 0.3) is 5.91 Å². The topological polar surface area (TPSA) is 129 Å². The SMILES string of the molecule is C=CC1NC(=O)c2ncn(C3OC(CO)C(O)C3O)c2N1. The summed E-state index contributed by atoms with van der Waals surface area (Å²) in [4.78, 5) is 15.9. The summed E-state index contributed by atoms with van der Waals surface area (Å²) >= 11 is 0. The van der Waals surface area contributed by atoms with Crippen molar-refractivity contribution in [1.29, 1.82) is 0 Å². The van der Waals surface area contributed by atoms with Crippen molar-refractivity contribution in [3.05, 3.63) is 24.7 Å². The van der Waals surface area contributed by atoms with Crippen LogP contribution in [0.5, 0.6) is 0 Å². The van der Waals surface area contributed by atoms with E-state index in [-0.39, 0.29) is 11.6 Å². The van der Waals surface area contributed by atoms with Gasteiger partial charge in [-0.15, -0.1) is 0 Å². The zero-order valence-corrected chi connectivity index (χ0v) is 11.0. The fourth-order valence-corrected chi connectivity index (χ4v) is 2.48. The first kappa shape index (κ1) is 14.0. The van der Waals surface area contributed by atoms with Gasteiger partial charge < -0.3 is 30.7 Å². The zero-order chi connectivity index (χ0) is 15.1. The van der Waals surface area contributed by atoms with E-state index in [0.717, 1.165) is 0 Å². The second-order valence-corrected chi connectivity index (χ2v) is 4.91. The lowest BCUT2D eigenvalue weighted by Gasteiger charge is -2.26. The molecule has 0 spiro atoms. The molecule has 21 heavy (non-hydrogen) atoms. The Hall–Kier alpha value is -1.94. The Balaban J connectivity index is 1.95. The highest BCUT2D eigenvalue weighted by molar-refractivity contribution is 5.99. The number of fused-ring (bicyclic) bond motifs is 1. The Morgan fingerprint density at radius 1 is 1.43 bits per heavy atom. The number of nitrogens with one attached hydrogen (secondary N) is 2. The molecule has 5 atom stereocenters. The van der Waals surface area contributed by atoms with Gasteiger partial charge in [-0.05, 0) is 6.08 Å². The highest BCUT2D eigenvalue weighted by atomic mass is 16.6. The predicted molar refractivity (Wildman–Crippen MR) is 70.3 cm³/mol. The summed E-state index contributed by atoms with van der Waals surface area (Å²) in [6.07, 6.45) is -1.93. The van der Waals surface area contributed by atoms with E-state index in [1.54, 1.807) is 0 Å². The second-order valence-electron chi connectivity index (χ2n) is 4.91. The lowest BCUT2D eigenvalue weighted by atomic mass is 10.1. The molecule has 114 valence electrons. The molecule has 1 amide bonds. The predicted octanol–water partition coefficient (Wildman–Crippen LogP) is -1.84. The Kier molecular flexibility index (Phi) is 3.41. The van der Waals surface area contributed by atoms with Crippen LogP contribution in [0.2, 0.25) is 0 Å². The van der Waals surface area contributed by atoms with Crippen LogP contribution in [0.3, 0.4) is 0 Å². The van der Waals surface area contributed by atoms with Gasteiger partial charge in [0, 0.05) is 0 Å². The van der Waals surface area contributed by atoms with Crippen LogP contribution in [0.1, 0.15) is 16.7 Å². The number of amides is 1. The van der Waals surface area contributed by atoms with Gasteiger partial charge >= 0.3 is 0 Å². The van der Waals surface area contributed by atoms with Crippen molar-refractivity contribution in [3.8, 4) is 0 Å². The molecule has 0 aromatic carbocycles. The van der Waals surface area contributed by atoms with Crippen molar-refractivity contribution in [1.82, 2.24) is 14.9 Å². The minimum Gasteiger partial charge on any atom is -0.394 e. The molecular formula is C12H16N4O5. The van der Waals surface area contributed by atoms with Crippen molar-refractivity contribution in [2.75, 3.05) is 11.9 Å². The van der Waals surface area contributed by atoms with Crippen LogP contribution in [0, 0.1) is 0 Å². The molecule has 2 aliphatic rings. The number of nitrogens with zero attached hydrogens (tertiary/aromatic N) is 2. The van der Waals surface area contributed by atoms with Crippen LogP contribution in [0.4, 0.5) is 5.82 Å². The van der Waals surface area contributed by atoms with Crippen LogP contribution in [-0.2, 0) is 4.74 Å². The fraction of sp³-hybridized carbons (Fsp3) is 0.500. The quantitative estimate of drug-likeness (QED) is 0.415. The minimum absolute atomic E-state index is 0.158. The van der Waals surface area contributed by atoms with Crippen molar-refractivity contribution in [3.63, 3.8) is 0 Å². The average molecular weight is 296 g/mol. The normalized spacial score (nSPS) is 35.0. The molecule has 2 aliphatic heterocycles. The third kappa shape index (κ3) is 2.10. The first-order valence-electron chi connectivity index (χ1n) is 6.46. The molecule has 0 radical (unpaired) electrons. The summed E-state index contributed by atoms with van der Waals surface area (Å²) in [5, 5.41) is 34.6. The molecule has 5 N–H and O–H groups in total. The highest BCUT2D eigenvalue weighted by Gasteiger charge is 2.45. The summed E-state index contributed by atoms with van der Waals surface area (Å²) in [6, 6.07) is 0. The first-order chi connectivity index (χ1) is 10.1. The minimum atomic E-state index is -1.24. The third-order valence-electron chi connectivity index (χ3n) is 3.61. The molecule has 5 unspecified atom stereocenters. The van der Waals surface area contributed by atoms with E-state index in [2.05, 4.69) is 22.2 Å². The lowest BCUT2D eigenvalue weighted by molar-refractivity contribution is -0.0519. The van der Waals surface area contributed by atoms with Gasteiger partial charge in [-0.25, -0.2) is 4.98 Å². The number of carbonyl (C=O) groups is 1. The number of imidazole rings is 1. The summed E-state index contributed by atoms with van der Waals surface area (Å²) in [6.45, 7) is 3.17. The van der Waals surface area contributed by atoms with Crippen molar-refractivity contribution >= 4 is 11.7 Å². The van der Waals surface area contributed by atoms with Gasteiger partial charge in [0.1, 0.15) is 30.3 Å². The summed E-state index contributed by atoms with van der Waals surface area (Å²) in [5.74, 6) is -0.0161. The van der Waals surface area contributed by atoms with Crippen molar-refractivity contribution < 1.29 is 24.9 Å². The van der Waals surface area contributed by atoms with E-state index in [9.17, 15) is 15.0 Å². The van der Waals surface area contributed by atoms with Gasteiger partial charge in [0.15, 0.2) is 11.9 Å². The Bertz CT molecular complexity index is 574. The number of ether oxygens (including phenoxy) is 1. The lowest BCUT2D eigenvalue weighted by Crippen LogP contribution is -2.44. The van der Waals surface area contributed by atoms with Crippen LogP contribution < -0.4 is 10.6 Å². The van der Waals surface area contributed by atoms with Crippen LogP contribution in [0.25, 0.3) is 0 Å². The summed E-state index contributed by atoms with van der Waals surface area (Å²) < 4.78 is 6.85. The Morgan fingerprint density at radius 3 is 2.81 bits per heavy atom. The molecule has 9 nitrogen and oxygen atoms in total. The van der Waals surface area contributed by atoms with Crippen molar-refractivity contribution in [2.24, 2.45) is 0 Å². The Labute approximate surface area is 119 Å². The Morgan fingerprint density at radius 2 is 2.19 bits per heavy atom. The van der Waals surface area contributed by atoms with Crippen LogP contribution in [-0.4, -0.2) is 61.9 Å². The van der Waals surface area contributed by atoms with Gasteiger partial charge in [-0.2, -0.15) is 0 Å². The maximum Gasteiger partial charge on any atom is 0.275 e. The molecule has 1 saturated heterocycles. The van der Waals surface area contributed by atoms with Gasteiger partial charge in [0.2, 0.25) is 0 Å². The van der Waals surface area contributed by atoms with E-state index < -0.39 is 37.3 Å². The number of aromatic nitrogens is 2.